The minimum atomic E-state index is 0. The Morgan fingerprint density at radius 1 is 1.08 bits per heavy atom. The lowest BCUT2D eigenvalue weighted by Gasteiger charge is -1.95. The number of benzene rings is 1. The highest BCUT2D eigenvalue weighted by molar-refractivity contribution is 5.85. The summed E-state index contributed by atoms with van der Waals surface area (Å²) in [6.07, 6.45) is 1.77. The molecule has 0 atom stereocenters. The molecular weight excluding hydrogens is 207 g/mol. The van der Waals surface area contributed by atoms with E-state index in [9.17, 15) is 0 Å². The van der Waals surface area contributed by atoms with Crippen molar-refractivity contribution in [3.63, 3.8) is 0 Å². The van der Waals surface area contributed by atoms with Gasteiger partial charge in [0.05, 0.1) is 5.52 Å². The number of rotatable bonds is 0. The molecule has 70 valence electrons. The Morgan fingerprint density at radius 2 is 1.85 bits per heavy atom. The van der Waals surface area contributed by atoms with Gasteiger partial charge >= 0.3 is 0 Å². The second-order valence-corrected chi connectivity index (χ2v) is 2.46. The fourth-order valence-corrected chi connectivity index (χ4v) is 1.08. The number of hydrogen-bond acceptors (Lipinski definition) is 2. The van der Waals surface area contributed by atoms with Gasteiger partial charge in [-0.1, -0.05) is 12.1 Å². The quantitative estimate of drug-likeness (QED) is 0.689. The molecule has 0 radical (unpaired) electrons. The van der Waals surface area contributed by atoms with Crippen LogP contribution in [0.5, 0.6) is 0 Å². The molecule has 0 saturated carbocycles. The average molecular weight is 217 g/mol. The van der Waals surface area contributed by atoms with Gasteiger partial charge in [-0.15, -0.1) is 24.8 Å². The smallest absolute Gasteiger partial charge is 0.0722 e. The predicted molar refractivity (Wildman–Crippen MR) is 60.7 cm³/mol. The summed E-state index contributed by atoms with van der Waals surface area (Å²) in [5.74, 6) is 0. The number of hydrogen-bond donors (Lipinski definition) is 1. The normalized spacial score (nSPS) is 8.62. The molecule has 0 aliphatic heterocycles. The number of pyridine rings is 1. The SMILES string of the molecule is Cl.Cl.Nc1ccc2cccnc2c1. The summed E-state index contributed by atoms with van der Waals surface area (Å²) >= 11 is 0. The molecular formula is C9H10Cl2N2. The Labute approximate surface area is 89.0 Å². The van der Waals surface area contributed by atoms with Crippen LogP contribution in [-0.2, 0) is 0 Å². The minimum absolute atomic E-state index is 0. The van der Waals surface area contributed by atoms with Crippen LogP contribution in [0.15, 0.2) is 36.5 Å². The summed E-state index contributed by atoms with van der Waals surface area (Å²) < 4.78 is 0. The first-order valence-corrected chi connectivity index (χ1v) is 3.46. The number of fused-ring (bicyclic) bond motifs is 1. The van der Waals surface area contributed by atoms with E-state index >= 15 is 0 Å². The molecule has 1 aromatic carbocycles. The van der Waals surface area contributed by atoms with Crippen molar-refractivity contribution in [3.8, 4) is 0 Å². The number of nitrogens with zero attached hydrogens (tertiary/aromatic N) is 1. The molecule has 0 bridgehead atoms. The number of aromatic nitrogens is 1. The van der Waals surface area contributed by atoms with E-state index in [-0.39, 0.29) is 24.8 Å². The van der Waals surface area contributed by atoms with Crippen LogP contribution in [0.25, 0.3) is 10.9 Å². The summed E-state index contributed by atoms with van der Waals surface area (Å²) in [5, 5.41) is 1.13. The van der Waals surface area contributed by atoms with Crippen LogP contribution < -0.4 is 5.73 Å². The molecule has 2 nitrogen and oxygen atoms in total. The van der Waals surface area contributed by atoms with Gasteiger partial charge in [-0.3, -0.25) is 4.98 Å². The third-order valence-corrected chi connectivity index (χ3v) is 1.63. The van der Waals surface area contributed by atoms with E-state index in [1.54, 1.807) is 6.20 Å². The molecule has 2 rings (SSSR count). The van der Waals surface area contributed by atoms with Crippen LogP contribution in [0.2, 0.25) is 0 Å². The first kappa shape index (κ1) is 12.0. The van der Waals surface area contributed by atoms with Gasteiger partial charge < -0.3 is 5.73 Å². The highest BCUT2D eigenvalue weighted by atomic mass is 35.5. The van der Waals surface area contributed by atoms with E-state index in [4.69, 9.17) is 5.73 Å². The lowest BCUT2D eigenvalue weighted by molar-refractivity contribution is 1.41. The minimum Gasteiger partial charge on any atom is -0.399 e. The molecule has 0 aliphatic carbocycles. The zero-order valence-corrected chi connectivity index (χ0v) is 8.44. The topological polar surface area (TPSA) is 38.9 Å². The van der Waals surface area contributed by atoms with Crippen molar-refractivity contribution in [2.75, 3.05) is 5.73 Å². The van der Waals surface area contributed by atoms with E-state index in [2.05, 4.69) is 4.98 Å². The molecule has 2 N–H and O–H groups in total. The van der Waals surface area contributed by atoms with Gasteiger partial charge in [0.1, 0.15) is 0 Å². The van der Waals surface area contributed by atoms with Crippen molar-refractivity contribution >= 4 is 41.4 Å². The molecule has 1 aromatic heterocycles. The molecule has 13 heavy (non-hydrogen) atoms. The van der Waals surface area contributed by atoms with Crippen LogP contribution in [0.3, 0.4) is 0 Å². The van der Waals surface area contributed by atoms with Crippen molar-refractivity contribution in [1.82, 2.24) is 4.98 Å². The van der Waals surface area contributed by atoms with Gasteiger partial charge in [0, 0.05) is 17.3 Å². The zero-order chi connectivity index (χ0) is 7.68. The van der Waals surface area contributed by atoms with Gasteiger partial charge in [-0.05, 0) is 18.2 Å². The third kappa shape index (κ3) is 2.47. The summed E-state index contributed by atoms with van der Waals surface area (Å²) in [5.41, 5.74) is 7.30. The average Bonchev–Trinajstić information content (AvgIpc) is 2.04. The maximum Gasteiger partial charge on any atom is 0.0722 e. The lowest BCUT2D eigenvalue weighted by Crippen LogP contribution is -1.84. The maximum absolute atomic E-state index is 5.58. The molecule has 0 fully saturated rings. The number of halogens is 2. The lowest BCUT2D eigenvalue weighted by atomic mass is 10.2. The first-order valence-electron chi connectivity index (χ1n) is 3.46. The molecule has 2 aromatic rings. The second-order valence-electron chi connectivity index (χ2n) is 2.46. The number of nitrogens with two attached hydrogens (primary N) is 1. The molecule has 0 aliphatic rings. The van der Waals surface area contributed by atoms with Gasteiger partial charge in [0.15, 0.2) is 0 Å². The van der Waals surface area contributed by atoms with Gasteiger partial charge in [-0.25, -0.2) is 0 Å². The molecule has 0 saturated heterocycles. The molecule has 0 unspecified atom stereocenters. The van der Waals surface area contributed by atoms with Crippen molar-refractivity contribution in [2.24, 2.45) is 0 Å². The third-order valence-electron chi connectivity index (χ3n) is 1.63. The Morgan fingerprint density at radius 3 is 2.62 bits per heavy atom. The van der Waals surface area contributed by atoms with Crippen LogP contribution >= 0.6 is 24.8 Å². The first-order chi connectivity index (χ1) is 5.36. The van der Waals surface area contributed by atoms with Crippen molar-refractivity contribution in [3.05, 3.63) is 36.5 Å². The van der Waals surface area contributed by atoms with Crippen LogP contribution in [-0.4, -0.2) is 4.98 Å². The Hall–Kier alpha value is -0.990. The Balaban J connectivity index is 0.000000720. The van der Waals surface area contributed by atoms with Crippen molar-refractivity contribution < 1.29 is 0 Å². The van der Waals surface area contributed by atoms with E-state index in [1.165, 1.54) is 0 Å². The van der Waals surface area contributed by atoms with Crippen LogP contribution in [0, 0.1) is 0 Å². The molecule has 0 spiro atoms. The fraction of sp³-hybridized carbons (Fsp3) is 0. The molecule has 0 amide bonds. The second kappa shape index (κ2) is 4.90. The van der Waals surface area contributed by atoms with Gasteiger partial charge in [-0.2, -0.15) is 0 Å². The predicted octanol–water partition coefficient (Wildman–Crippen LogP) is 2.66. The van der Waals surface area contributed by atoms with E-state index in [0.29, 0.717) is 0 Å². The van der Waals surface area contributed by atoms with E-state index < -0.39 is 0 Å². The summed E-state index contributed by atoms with van der Waals surface area (Å²) in [7, 11) is 0. The highest BCUT2D eigenvalue weighted by Crippen LogP contribution is 2.13. The van der Waals surface area contributed by atoms with E-state index in [1.807, 2.05) is 30.3 Å². The number of anilines is 1. The van der Waals surface area contributed by atoms with Crippen molar-refractivity contribution in [1.29, 1.82) is 0 Å². The summed E-state index contributed by atoms with van der Waals surface area (Å²) in [6.45, 7) is 0. The Kier molecular flexibility index (Phi) is 4.52. The van der Waals surface area contributed by atoms with E-state index in [0.717, 1.165) is 16.6 Å². The monoisotopic (exact) mass is 216 g/mol. The summed E-state index contributed by atoms with van der Waals surface area (Å²) in [6, 6.07) is 9.65. The summed E-state index contributed by atoms with van der Waals surface area (Å²) in [4.78, 5) is 4.16. The fourth-order valence-electron chi connectivity index (χ4n) is 1.08. The highest BCUT2D eigenvalue weighted by Gasteiger charge is 1.91. The van der Waals surface area contributed by atoms with Crippen LogP contribution in [0.4, 0.5) is 5.69 Å². The largest absolute Gasteiger partial charge is 0.399 e. The Bertz CT molecular complexity index is 390. The van der Waals surface area contributed by atoms with Gasteiger partial charge in [0.2, 0.25) is 0 Å². The molecule has 4 heteroatoms. The standard InChI is InChI=1S/C9H8N2.2ClH/c10-8-4-3-7-2-1-5-11-9(7)6-8;;/h1-6H,10H2;2*1H. The van der Waals surface area contributed by atoms with Gasteiger partial charge in [0.25, 0.3) is 0 Å². The van der Waals surface area contributed by atoms with Crippen molar-refractivity contribution in [2.45, 2.75) is 0 Å². The molecule has 1 heterocycles. The van der Waals surface area contributed by atoms with Crippen LogP contribution in [0.1, 0.15) is 0 Å². The maximum atomic E-state index is 5.58. The zero-order valence-electron chi connectivity index (χ0n) is 6.81. The number of nitrogen functional groups attached to an aromatic ring is 1.